The number of nitrogens with one attached hydrogen (secondary N) is 3. The highest BCUT2D eigenvalue weighted by molar-refractivity contribution is 8.13. The fraction of sp³-hybridized carbons (Fsp3) is 0.533. The zero-order valence-corrected chi connectivity index (χ0v) is 25.2. The Hall–Kier alpha value is -3.47. The molecule has 1 aromatic rings. The fourth-order valence-electron chi connectivity index (χ4n) is 3.94. The molecule has 10 nitrogen and oxygen atoms in total. The lowest BCUT2D eigenvalue weighted by molar-refractivity contribution is -0.153. The number of carbonyl (C=O) groups is 5. The molecule has 0 saturated heterocycles. The third kappa shape index (κ3) is 12.3. The van der Waals surface area contributed by atoms with Gasteiger partial charge in [0.15, 0.2) is 5.12 Å². The van der Waals surface area contributed by atoms with Crippen molar-refractivity contribution in [2.24, 2.45) is 5.92 Å². The van der Waals surface area contributed by atoms with Crippen LogP contribution < -0.4 is 16.0 Å². The van der Waals surface area contributed by atoms with Gasteiger partial charge in [0.1, 0.15) is 23.5 Å². The Labute approximate surface area is 246 Å². The van der Waals surface area contributed by atoms with Crippen LogP contribution in [-0.2, 0) is 30.5 Å². The molecule has 11 heteroatoms. The summed E-state index contributed by atoms with van der Waals surface area (Å²) in [5, 5.41) is 8.09. The second-order valence-corrected chi connectivity index (χ2v) is 11.2. The van der Waals surface area contributed by atoms with Gasteiger partial charge in [0.05, 0.1) is 18.7 Å². The fourth-order valence-corrected chi connectivity index (χ4v) is 4.71. The molecule has 2 bridgehead atoms. The number of cyclic esters (lactones) is 1. The number of hydrogen-bond acceptors (Lipinski definition) is 8. The summed E-state index contributed by atoms with van der Waals surface area (Å²) in [6.45, 7) is 7.29. The predicted octanol–water partition coefficient (Wildman–Crippen LogP) is 3.96. The molecule has 3 amide bonds. The highest BCUT2D eigenvalue weighted by atomic mass is 32.2. The number of carbonyl (C=O) groups excluding carboxylic acids is 5. The molecule has 2 rings (SSSR count). The number of nitrogens with zero attached hydrogens (tertiary/aromatic N) is 1. The number of pyridine rings is 1. The summed E-state index contributed by atoms with van der Waals surface area (Å²) in [7, 11) is 0. The first kappa shape index (κ1) is 33.7. The van der Waals surface area contributed by atoms with Gasteiger partial charge in [-0.1, -0.05) is 70.0 Å². The summed E-state index contributed by atoms with van der Waals surface area (Å²) < 4.78 is 5.68. The van der Waals surface area contributed by atoms with Crippen molar-refractivity contribution in [2.45, 2.75) is 91.3 Å². The SMILES string of the molecule is C/C=C1\NC(=O)c2cccc(n2)CNC(=O)C[C@@H](/C=C/CCSC(=O)CCCCCC)OC(=O)[C@H](C(C)C)NC1=O. The van der Waals surface area contributed by atoms with E-state index in [1.807, 2.05) is 0 Å². The maximum absolute atomic E-state index is 13.2. The molecule has 0 spiro atoms. The first-order valence-corrected chi connectivity index (χ1v) is 15.2. The Balaban J connectivity index is 2.17. The van der Waals surface area contributed by atoms with Crippen LogP contribution in [-0.4, -0.2) is 51.7 Å². The highest BCUT2D eigenvalue weighted by Gasteiger charge is 2.30. The van der Waals surface area contributed by atoms with E-state index < -0.39 is 29.9 Å². The Kier molecular flexibility index (Phi) is 14.9. The van der Waals surface area contributed by atoms with Crippen LogP contribution in [0.15, 0.2) is 42.1 Å². The van der Waals surface area contributed by atoms with Gasteiger partial charge in [-0.2, -0.15) is 0 Å². The topological polar surface area (TPSA) is 144 Å². The van der Waals surface area contributed by atoms with Gasteiger partial charge < -0.3 is 20.7 Å². The number of esters is 1. The molecule has 0 unspecified atom stereocenters. The first-order chi connectivity index (χ1) is 19.6. The Morgan fingerprint density at radius 3 is 2.63 bits per heavy atom. The standard InChI is InChI=1S/C30H42N4O6S/c1-5-7-8-9-16-26(36)41-17-11-10-14-22-18-25(35)31-19-21-13-12-15-24(32-21)29(38)33-23(6-2)28(37)34-27(20(3)4)30(39)40-22/h6,10,12-15,20,22,27H,5,7-9,11,16-19H2,1-4H3,(H,31,35)(H,33,38)(H,34,37)/b14-10+,23-6-/t22-,27+/m1/s1. The lowest BCUT2D eigenvalue weighted by atomic mass is 10.0. The van der Waals surface area contributed by atoms with E-state index in [4.69, 9.17) is 4.74 Å². The summed E-state index contributed by atoms with van der Waals surface area (Å²) in [4.78, 5) is 68.0. The minimum absolute atomic E-state index is 0.0325. The van der Waals surface area contributed by atoms with Gasteiger partial charge in [-0.05, 0) is 43.9 Å². The number of amides is 3. The van der Waals surface area contributed by atoms with E-state index >= 15 is 0 Å². The number of unbranched alkanes of at least 4 members (excludes halogenated alkanes) is 3. The largest absolute Gasteiger partial charge is 0.456 e. The number of fused-ring (bicyclic) bond motifs is 2. The lowest BCUT2D eigenvalue weighted by Crippen LogP contribution is -2.48. The van der Waals surface area contributed by atoms with Crippen LogP contribution >= 0.6 is 11.8 Å². The molecule has 41 heavy (non-hydrogen) atoms. The smallest absolute Gasteiger partial charge is 0.329 e. The van der Waals surface area contributed by atoms with Crippen molar-refractivity contribution in [2.75, 3.05) is 5.75 Å². The second-order valence-electron chi connectivity index (χ2n) is 10.1. The normalized spacial score (nSPS) is 20.1. The van der Waals surface area contributed by atoms with Crippen LogP contribution in [0.5, 0.6) is 0 Å². The minimum atomic E-state index is -1.02. The van der Waals surface area contributed by atoms with Crippen molar-refractivity contribution >= 4 is 40.6 Å². The molecule has 1 aromatic heterocycles. The predicted molar refractivity (Wildman–Crippen MR) is 159 cm³/mol. The van der Waals surface area contributed by atoms with Gasteiger partial charge in [-0.25, -0.2) is 9.78 Å². The van der Waals surface area contributed by atoms with Crippen LogP contribution in [0.2, 0.25) is 0 Å². The molecule has 1 aliphatic rings. The van der Waals surface area contributed by atoms with E-state index in [9.17, 15) is 24.0 Å². The number of hydrogen-bond donors (Lipinski definition) is 3. The van der Waals surface area contributed by atoms with E-state index in [0.29, 0.717) is 24.3 Å². The number of aromatic nitrogens is 1. The summed E-state index contributed by atoms with van der Waals surface area (Å²) in [5.74, 6) is -2.08. The molecular formula is C30H42N4O6S. The molecule has 0 aliphatic carbocycles. The summed E-state index contributed by atoms with van der Waals surface area (Å²) in [5.41, 5.74) is 0.494. The Bertz CT molecular complexity index is 1130. The molecule has 1 aliphatic heterocycles. The molecule has 3 N–H and O–H groups in total. The van der Waals surface area contributed by atoms with Gasteiger partial charge in [-0.15, -0.1) is 0 Å². The van der Waals surface area contributed by atoms with Crippen molar-refractivity contribution in [3.05, 3.63) is 53.5 Å². The van der Waals surface area contributed by atoms with Gasteiger partial charge in [-0.3, -0.25) is 19.2 Å². The molecule has 0 saturated carbocycles. The quantitative estimate of drug-likeness (QED) is 0.162. The average Bonchev–Trinajstić information content (AvgIpc) is 2.94. The van der Waals surface area contributed by atoms with Gasteiger partial charge in [0, 0.05) is 12.2 Å². The van der Waals surface area contributed by atoms with Gasteiger partial charge in [0.2, 0.25) is 5.91 Å². The van der Waals surface area contributed by atoms with Crippen LogP contribution in [0.3, 0.4) is 0 Å². The van der Waals surface area contributed by atoms with E-state index in [2.05, 4.69) is 27.9 Å². The van der Waals surface area contributed by atoms with E-state index in [-0.39, 0.29) is 41.3 Å². The lowest BCUT2D eigenvalue weighted by Gasteiger charge is -2.24. The monoisotopic (exact) mass is 586 g/mol. The third-order valence-electron chi connectivity index (χ3n) is 6.28. The number of allylic oxidation sites excluding steroid dienone is 2. The molecule has 0 radical (unpaired) electrons. The van der Waals surface area contributed by atoms with Crippen LogP contribution in [0.25, 0.3) is 0 Å². The Morgan fingerprint density at radius 1 is 1.15 bits per heavy atom. The maximum atomic E-state index is 13.2. The van der Waals surface area contributed by atoms with Crippen LogP contribution in [0, 0.1) is 5.92 Å². The van der Waals surface area contributed by atoms with Crippen molar-refractivity contribution in [3.63, 3.8) is 0 Å². The molecule has 2 atom stereocenters. The van der Waals surface area contributed by atoms with E-state index in [0.717, 1.165) is 25.7 Å². The maximum Gasteiger partial charge on any atom is 0.329 e. The van der Waals surface area contributed by atoms with Crippen LogP contribution in [0.4, 0.5) is 0 Å². The van der Waals surface area contributed by atoms with E-state index in [1.54, 1.807) is 45.1 Å². The molecule has 224 valence electrons. The molecular weight excluding hydrogens is 544 g/mol. The first-order valence-electron chi connectivity index (χ1n) is 14.2. The third-order valence-corrected chi connectivity index (χ3v) is 7.25. The summed E-state index contributed by atoms with van der Waals surface area (Å²) >= 11 is 1.28. The minimum Gasteiger partial charge on any atom is -0.456 e. The zero-order valence-electron chi connectivity index (χ0n) is 24.4. The van der Waals surface area contributed by atoms with Crippen molar-refractivity contribution in [1.82, 2.24) is 20.9 Å². The molecule has 0 aromatic carbocycles. The zero-order chi connectivity index (χ0) is 30.2. The van der Waals surface area contributed by atoms with Crippen molar-refractivity contribution in [3.8, 4) is 0 Å². The van der Waals surface area contributed by atoms with Crippen molar-refractivity contribution < 1.29 is 28.7 Å². The second kappa shape index (κ2) is 18.1. The number of rotatable bonds is 10. The van der Waals surface area contributed by atoms with E-state index in [1.165, 1.54) is 23.9 Å². The highest BCUT2D eigenvalue weighted by Crippen LogP contribution is 2.14. The molecule has 0 fully saturated rings. The summed E-state index contributed by atoms with van der Waals surface area (Å²) in [6, 6.07) is 3.78. The average molecular weight is 587 g/mol. The van der Waals surface area contributed by atoms with Gasteiger partial charge in [0.25, 0.3) is 11.8 Å². The molecule has 2 heterocycles. The van der Waals surface area contributed by atoms with Crippen LogP contribution in [0.1, 0.15) is 88.8 Å². The van der Waals surface area contributed by atoms with Crippen molar-refractivity contribution in [1.29, 1.82) is 0 Å². The number of ether oxygens (including phenoxy) is 1. The number of thioether (sulfide) groups is 1. The summed E-state index contributed by atoms with van der Waals surface area (Å²) in [6.07, 6.45) is 9.17. The van der Waals surface area contributed by atoms with Gasteiger partial charge >= 0.3 is 5.97 Å². The Morgan fingerprint density at radius 2 is 1.93 bits per heavy atom.